The molecule has 0 amide bonds. The normalized spacial score (nSPS) is 10.1. The molecule has 1 aromatic carbocycles. The van der Waals surface area contributed by atoms with E-state index in [0.717, 1.165) is 27.6 Å². The Kier molecular flexibility index (Phi) is 4.28. The van der Waals surface area contributed by atoms with Gasteiger partial charge in [-0.25, -0.2) is 0 Å². The highest BCUT2D eigenvalue weighted by Crippen LogP contribution is 2.19. The summed E-state index contributed by atoms with van der Waals surface area (Å²) in [7, 11) is 0. The summed E-state index contributed by atoms with van der Waals surface area (Å²) in [4.78, 5) is 11.8. The van der Waals surface area contributed by atoms with Crippen molar-refractivity contribution in [2.24, 2.45) is 0 Å². The van der Waals surface area contributed by atoms with Crippen LogP contribution >= 0.6 is 15.9 Å². The zero-order chi connectivity index (χ0) is 11.4. The minimum Gasteiger partial charge on any atom is -0.294 e. The molecular weight excluding hydrogens is 252 g/mol. The largest absolute Gasteiger partial charge is 0.294 e. The maximum Gasteiger partial charge on any atom is 0.166 e. The van der Waals surface area contributed by atoms with E-state index in [1.807, 2.05) is 32.0 Å². The molecule has 0 aliphatic carbocycles. The van der Waals surface area contributed by atoms with Crippen molar-refractivity contribution < 1.29 is 4.79 Å². The van der Waals surface area contributed by atoms with Crippen LogP contribution in [0.3, 0.4) is 0 Å². The maximum absolute atomic E-state index is 11.8. The lowest BCUT2D eigenvalue weighted by atomic mass is 10.0. The summed E-state index contributed by atoms with van der Waals surface area (Å²) in [5.74, 6) is 0.150. The average Bonchev–Trinajstić information content (AvgIpc) is 2.21. The van der Waals surface area contributed by atoms with Crippen LogP contribution in [0, 0.1) is 6.92 Å². The van der Waals surface area contributed by atoms with E-state index in [-0.39, 0.29) is 5.78 Å². The van der Waals surface area contributed by atoms with Gasteiger partial charge in [-0.1, -0.05) is 41.1 Å². The Labute approximate surface area is 99.3 Å². The summed E-state index contributed by atoms with van der Waals surface area (Å²) in [6, 6.07) is 5.68. The van der Waals surface area contributed by atoms with Gasteiger partial charge in [-0.05, 0) is 31.0 Å². The van der Waals surface area contributed by atoms with E-state index in [2.05, 4.69) is 22.5 Å². The zero-order valence-electron chi connectivity index (χ0n) is 9.14. The van der Waals surface area contributed by atoms with E-state index < -0.39 is 0 Å². The molecule has 80 valence electrons. The van der Waals surface area contributed by atoms with E-state index in [1.165, 1.54) is 0 Å². The summed E-state index contributed by atoms with van der Waals surface area (Å²) in [5.41, 5.74) is 2.84. The molecule has 0 aliphatic heterocycles. The van der Waals surface area contributed by atoms with Gasteiger partial charge < -0.3 is 0 Å². The Morgan fingerprint density at radius 2 is 2.13 bits per heavy atom. The Morgan fingerprint density at radius 3 is 2.67 bits per heavy atom. The number of Topliss-reactive ketones (excluding diaryl/α,β-unsaturated/α-hetero) is 1. The molecule has 0 bridgehead atoms. The highest BCUT2D eigenvalue weighted by atomic mass is 79.9. The van der Waals surface area contributed by atoms with E-state index in [9.17, 15) is 4.79 Å². The first-order valence-electron chi connectivity index (χ1n) is 5.00. The second kappa shape index (κ2) is 5.26. The van der Waals surface area contributed by atoms with Crippen LogP contribution in [0.2, 0.25) is 0 Å². The van der Waals surface area contributed by atoms with Gasteiger partial charge in [0, 0.05) is 16.5 Å². The Balaban J connectivity index is 2.83. The van der Waals surface area contributed by atoms with Crippen molar-refractivity contribution in [2.45, 2.75) is 26.7 Å². The van der Waals surface area contributed by atoms with Gasteiger partial charge in [-0.15, -0.1) is 0 Å². The summed E-state index contributed by atoms with van der Waals surface area (Å²) in [6.07, 6.45) is 1.32. The standard InChI is InChI=1S/C13H15BrO/c1-4-9(2)7-13(15)11-5-6-12(14)10(3)8-11/h5-6,8H,2,4,7H2,1,3H3. The summed E-state index contributed by atoms with van der Waals surface area (Å²) < 4.78 is 1.04. The summed E-state index contributed by atoms with van der Waals surface area (Å²) in [5, 5.41) is 0. The molecule has 15 heavy (non-hydrogen) atoms. The number of benzene rings is 1. The SMILES string of the molecule is C=C(CC)CC(=O)c1ccc(Br)c(C)c1. The minimum absolute atomic E-state index is 0.150. The van der Waals surface area contributed by atoms with Crippen molar-refractivity contribution in [3.63, 3.8) is 0 Å². The zero-order valence-corrected chi connectivity index (χ0v) is 10.7. The van der Waals surface area contributed by atoms with E-state index in [0.29, 0.717) is 6.42 Å². The second-order valence-corrected chi connectivity index (χ2v) is 4.52. The molecule has 0 saturated heterocycles. The van der Waals surface area contributed by atoms with E-state index in [1.54, 1.807) is 0 Å². The van der Waals surface area contributed by atoms with Crippen LogP contribution in [0.5, 0.6) is 0 Å². The molecule has 0 saturated carbocycles. The monoisotopic (exact) mass is 266 g/mol. The number of rotatable bonds is 4. The fourth-order valence-electron chi connectivity index (χ4n) is 1.27. The molecule has 0 spiro atoms. The predicted octanol–water partition coefficient (Wildman–Crippen LogP) is 4.30. The van der Waals surface area contributed by atoms with Crippen LogP contribution < -0.4 is 0 Å². The van der Waals surface area contributed by atoms with Crippen molar-refractivity contribution in [3.8, 4) is 0 Å². The molecule has 0 unspecified atom stereocenters. The van der Waals surface area contributed by atoms with Crippen molar-refractivity contribution >= 4 is 21.7 Å². The smallest absolute Gasteiger partial charge is 0.166 e. The lowest BCUT2D eigenvalue weighted by Gasteiger charge is -2.04. The molecule has 2 heteroatoms. The topological polar surface area (TPSA) is 17.1 Å². The fraction of sp³-hybridized carbons (Fsp3) is 0.308. The van der Waals surface area contributed by atoms with Crippen molar-refractivity contribution in [1.82, 2.24) is 0 Å². The first kappa shape index (κ1) is 12.2. The van der Waals surface area contributed by atoms with E-state index in [4.69, 9.17) is 0 Å². The van der Waals surface area contributed by atoms with Crippen LogP contribution in [0.1, 0.15) is 35.7 Å². The Bertz CT molecular complexity index is 394. The highest BCUT2D eigenvalue weighted by Gasteiger charge is 2.07. The molecule has 1 aromatic rings. The molecule has 0 radical (unpaired) electrons. The number of hydrogen-bond donors (Lipinski definition) is 0. The molecule has 1 nitrogen and oxygen atoms in total. The van der Waals surface area contributed by atoms with Gasteiger partial charge in [-0.2, -0.15) is 0 Å². The number of carbonyl (C=O) groups excluding carboxylic acids is 1. The van der Waals surface area contributed by atoms with Gasteiger partial charge in [0.1, 0.15) is 0 Å². The molecule has 0 N–H and O–H groups in total. The molecule has 1 rings (SSSR count). The van der Waals surface area contributed by atoms with Gasteiger partial charge in [0.05, 0.1) is 0 Å². The number of carbonyl (C=O) groups is 1. The quantitative estimate of drug-likeness (QED) is 0.587. The maximum atomic E-state index is 11.8. The number of halogens is 1. The molecule has 0 fully saturated rings. The molecule has 0 atom stereocenters. The van der Waals surface area contributed by atoms with Crippen molar-refractivity contribution in [1.29, 1.82) is 0 Å². The Hall–Kier alpha value is -0.890. The third-order valence-electron chi connectivity index (χ3n) is 2.39. The van der Waals surface area contributed by atoms with Gasteiger partial charge in [0.15, 0.2) is 5.78 Å². The van der Waals surface area contributed by atoms with Crippen molar-refractivity contribution in [3.05, 3.63) is 46.0 Å². The van der Waals surface area contributed by atoms with Crippen LogP contribution in [0.4, 0.5) is 0 Å². The Morgan fingerprint density at radius 1 is 1.47 bits per heavy atom. The highest BCUT2D eigenvalue weighted by molar-refractivity contribution is 9.10. The fourth-order valence-corrected chi connectivity index (χ4v) is 1.52. The first-order chi connectivity index (χ1) is 7.04. The number of ketones is 1. The lowest BCUT2D eigenvalue weighted by molar-refractivity contribution is 0.0992. The number of hydrogen-bond acceptors (Lipinski definition) is 1. The third-order valence-corrected chi connectivity index (χ3v) is 3.28. The van der Waals surface area contributed by atoms with Crippen molar-refractivity contribution in [2.75, 3.05) is 0 Å². The molecule has 0 heterocycles. The number of allylic oxidation sites excluding steroid dienone is 1. The predicted molar refractivity (Wildman–Crippen MR) is 67.3 cm³/mol. The number of aryl methyl sites for hydroxylation is 1. The summed E-state index contributed by atoms with van der Waals surface area (Å²) in [6.45, 7) is 7.85. The molecule has 0 aliphatic rings. The second-order valence-electron chi connectivity index (χ2n) is 3.67. The van der Waals surface area contributed by atoms with Crippen LogP contribution in [0.15, 0.2) is 34.8 Å². The van der Waals surface area contributed by atoms with Crippen LogP contribution in [-0.2, 0) is 0 Å². The van der Waals surface area contributed by atoms with Crippen LogP contribution in [0.25, 0.3) is 0 Å². The molecule has 0 aromatic heterocycles. The third kappa shape index (κ3) is 3.31. The lowest BCUT2D eigenvalue weighted by Crippen LogP contribution is -2.00. The van der Waals surface area contributed by atoms with Gasteiger partial charge in [-0.3, -0.25) is 4.79 Å². The molecular formula is C13H15BrO. The summed E-state index contributed by atoms with van der Waals surface area (Å²) >= 11 is 3.41. The van der Waals surface area contributed by atoms with Gasteiger partial charge in [0.2, 0.25) is 0 Å². The minimum atomic E-state index is 0.150. The van der Waals surface area contributed by atoms with E-state index >= 15 is 0 Å². The van der Waals surface area contributed by atoms with Gasteiger partial charge >= 0.3 is 0 Å². The van der Waals surface area contributed by atoms with Crippen LogP contribution in [-0.4, -0.2) is 5.78 Å². The first-order valence-corrected chi connectivity index (χ1v) is 5.80. The van der Waals surface area contributed by atoms with Gasteiger partial charge in [0.25, 0.3) is 0 Å². The average molecular weight is 267 g/mol.